The van der Waals surface area contributed by atoms with Gasteiger partial charge >= 0.3 is 0 Å². The summed E-state index contributed by atoms with van der Waals surface area (Å²) < 4.78 is 13.7. The average Bonchev–Trinajstić information content (AvgIpc) is 3.26. The number of hydrogen-bond donors (Lipinski definition) is 4. The van der Waals surface area contributed by atoms with Crippen molar-refractivity contribution in [2.45, 2.75) is 43.4 Å². The molecule has 12 nitrogen and oxygen atoms in total. The SMILES string of the molecule is C[C@]1(O)CC2(CCN(C(=O)c3cccc(OCCN)c3)CC2)OC[C@@H]1n1cnc2c(N)nc(N)nc21. The summed E-state index contributed by atoms with van der Waals surface area (Å²) in [6.07, 6.45) is 3.24. The van der Waals surface area contributed by atoms with Crippen molar-refractivity contribution in [3.8, 4) is 5.75 Å². The van der Waals surface area contributed by atoms with Gasteiger partial charge in [-0.05, 0) is 38.0 Å². The summed E-state index contributed by atoms with van der Waals surface area (Å²) in [5.41, 5.74) is 17.1. The lowest BCUT2D eigenvalue weighted by molar-refractivity contribution is -0.194. The molecular formula is C24H32N8O4. The Morgan fingerprint density at radius 1 is 1.28 bits per heavy atom. The molecule has 36 heavy (non-hydrogen) atoms. The van der Waals surface area contributed by atoms with Gasteiger partial charge in [-0.15, -0.1) is 0 Å². The molecule has 0 radical (unpaired) electrons. The van der Waals surface area contributed by atoms with Gasteiger partial charge in [0.15, 0.2) is 11.5 Å². The third kappa shape index (κ3) is 4.43. The largest absolute Gasteiger partial charge is 0.492 e. The third-order valence-corrected chi connectivity index (χ3v) is 7.18. The van der Waals surface area contributed by atoms with E-state index in [0.717, 1.165) is 0 Å². The van der Waals surface area contributed by atoms with Crippen LogP contribution in [0.4, 0.5) is 11.8 Å². The highest BCUT2D eigenvalue weighted by molar-refractivity contribution is 5.94. The zero-order valence-electron chi connectivity index (χ0n) is 20.3. The topological polar surface area (TPSA) is 181 Å². The van der Waals surface area contributed by atoms with Crippen LogP contribution in [-0.2, 0) is 4.74 Å². The second-order valence-corrected chi connectivity index (χ2v) is 9.79. The molecule has 2 aliphatic rings. The predicted molar refractivity (Wildman–Crippen MR) is 133 cm³/mol. The van der Waals surface area contributed by atoms with Crippen molar-refractivity contribution in [1.29, 1.82) is 0 Å². The Morgan fingerprint density at radius 2 is 2.06 bits per heavy atom. The number of carbonyl (C=O) groups is 1. The van der Waals surface area contributed by atoms with E-state index in [0.29, 0.717) is 68.0 Å². The summed E-state index contributed by atoms with van der Waals surface area (Å²) in [4.78, 5) is 27.5. The van der Waals surface area contributed by atoms with Crippen molar-refractivity contribution in [2.75, 3.05) is 44.3 Å². The van der Waals surface area contributed by atoms with Crippen LogP contribution >= 0.6 is 0 Å². The summed E-state index contributed by atoms with van der Waals surface area (Å²) in [5, 5.41) is 11.5. The van der Waals surface area contributed by atoms with Crippen LogP contribution in [0.25, 0.3) is 11.2 Å². The Morgan fingerprint density at radius 3 is 2.78 bits per heavy atom. The standard InChI is InChI=1S/C24H32N8O4/c1-23(34)13-24(36-12-17(23)32-14-28-18-19(26)29-22(27)30-20(18)32)5-8-31(9-6-24)21(33)15-3-2-4-16(11-15)35-10-7-25/h2-4,11,14,17,34H,5-10,12-13,25H2,1H3,(H4,26,27,29,30)/t17-,23-/m0/s1. The Kier molecular flexibility index (Phi) is 6.18. The van der Waals surface area contributed by atoms with Gasteiger partial charge in [-0.25, -0.2) is 4.98 Å². The van der Waals surface area contributed by atoms with Crippen molar-refractivity contribution >= 4 is 28.8 Å². The zero-order valence-corrected chi connectivity index (χ0v) is 20.3. The van der Waals surface area contributed by atoms with Crippen LogP contribution in [-0.4, -0.2) is 79.5 Å². The van der Waals surface area contributed by atoms with E-state index >= 15 is 0 Å². The molecule has 2 aliphatic heterocycles. The number of nitrogens with zero attached hydrogens (tertiary/aromatic N) is 5. The molecule has 2 atom stereocenters. The molecule has 192 valence electrons. The van der Waals surface area contributed by atoms with Gasteiger partial charge in [0.1, 0.15) is 17.9 Å². The van der Waals surface area contributed by atoms with Crippen LogP contribution in [0, 0.1) is 0 Å². The maximum atomic E-state index is 13.1. The number of anilines is 2. The van der Waals surface area contributed by atoms with Crippen LogP contribution in [0.15, 0.2) is 30.6 Å². The first kappa shape index (κ1) is 24.2. The first-order valence-electron chi connectivity index (χ1n) is 12.1. The van der Waals surface area contributed by atoms with Gasteiger partial charge in [-0.2, -0.15) is 9.97 Å². The first-order valence-corrected chi connectivity index (χ1v) is 12.1. The predicted octanol–water partition coefficient (Wildman–Crippen LogP) is 0.716. The molecular weight excluding hydrogens is 464 g/mol. The molecule has 12 heteroatoms. The second kappa shape index (κ2) is 9.19. The van der Waals surface area contributed by atoms with Crippen molar-refractivity contribution in [1.82, 2.24) is 24.4 Å². The van der Waals surface area contributed by atoms with Gasteiger partial charge in [0.05, 0.1) is 30.2 Å². The molecule has 1 spiro atoms. The number of benzene rings is 1. The molecule has 0 bridgehead atoms. The minimum Gasteiger partial charge on any atom is -0.492 e. The van der Waals surface area contributed by atoms with Crippen molar-refractivity contribution in [3.05, 3.63) is 36.2 Å². The first-order chi connectivity index (χ1) is 17.2. The Hall–Kier alpha value is -3.48. The fourth-order valence-electron chi connectivity index (χ4n) is 5.34. The van der Waals surface area contributed by atoms with Crippen molar-refractivity contribution in [2.24, 2.45) is 5.73 Å². The number of nitrogens with two attached hydrogens (primary N) is 3. The number of aromatic nitrogens is 4. The summed E-state index contributed by atoms with van der Waals surface area (Å²) in [6.45, 7) is 3.92. The van der Waals surface area contributed by atoms with E-state index in [4.69, 9.17) is 26.7 Å². The number of imidazole rings is 1. The third-order valence-electron chi connectivity index (χ3n) is 7.18. The Bertz CT molecular complexity index is 1270. The van der Waals surface area contributed by atoms with E-state index in [1.807, 2.05) is 11.0 Å². The van der Waals surface area contributed by atoms with Gasteiger partial charge in [-0.1, -0.05) is 6.07 Å². The van der Waals surface area contributed by atoms with Crippen LogP contribution in [0.3, 0.4) is 0 Å². The van der Waals surface area contributed by atoms with Gasteiger partial charge in [0, 0.05) is 31.6 Å². The summed E-state index contributed by atoms with van der Waals surface area (Å²) in [6, 6.07) is 6.71. The van der Waals surface area contributed by atoms with Gasteiger partial charge < -0.3 is 41.2 Å². The molecule has 1 amide bonds. The molecule has 1 aromatic carbocycles. The van der Waals surface area contributed by atoms with E-state index in [9.17, 15) is 9.90 Å². The van der Waals surface area contributed by atoms with Crippen LogP contribution in [0.5, 0.6) is 5.75 Å². The van der Waals surface area contributed by atoms with E-state index in [2.05, 4.69) is 15.0 Å². The molecule has 7 N–H and O–H groups in total. The van der Waals surface area contributed by atoms with E-state index in [1.54, 1.807) is 36.0 Å². The molecule has 0 aliphatic carbocycles. The highest BCUT2D eigenvalue weighted by Gasteiger charge is 2.50. The number of fused-ring (bicyclic) bond motifs is 1. The minimum atomic E-state index is -1.11. The Labute approximate surface area is 208 Å². The number of hydrogen-bond acceptors (Lipinski definition) is 10. The molecule has 4 heterocycles. The number of rotatable bonds is 5. The molecule has 3 aromatic rings. The monoisotopic (exact) mass is 496 g/mol. The number of aliphatic hydroxyl groups is 1. The van der Waals surface area contributed by atoms with E-state index < -0.39 is 17.2 Å². The molecule has 2 aromatic heterocycles. The van der Waals surface area contributed by atoms with Crippen LogP contribution < -0.4 is 21.9 Å². The lowest BCUT2D eigenvalue weighted by atomic mass is 9.75. The summed E-state index contributed by atoms with van der Waals surface area (Å²) in [5.74, 6) is 0.808. The van der Waals surface area contributed by atoms with Crippen LogP contribution in [0.1, 0.15) is 42.6 Å². The second-order valence-electron chi connectivity index (χ2n) is 9.79. The quantitative estimate of drug-likeness (QED) is 0.393. The molecule has 2 fully saturated rings. The Balaban J connectivity index is 1.27. The summed E-state index contributed by atoms with van der Waals surface area (Å²) >= 11 is 0. The number of nitrogen functional groups attached to an aromatic ring is 2. The van der Waals surface area contributed by atoms with Gasteiger partial charge in [-0.3, -0.25) is 4.79 Å². The number of ether oxygens (including phenoxy) is 2. The van der Waals surface area contributed by atoms with E-state index in [1.165, 1.54) is 0 Å². The minimum absolute atomic E-state index is 0.0445. The van der Waals surface area contributed by atoms with Crippen LogP contribution in [0.2, 0.25) is 0 Å². The number of carbonyl (C=O) groups excluding carboxylic acids is 1. The molecule has 0 saturated carbocycles. The lowest BCUT2D eigenvalue weighted by Crippen LogP contribution is -2.58. The maximum absolute atomic E-state index is 13.1. The number of piperidine rings is 1. The zero-order chi connectivity index (χ0) is 25.5. The van der Waals surface area contributed by atoms with Gasteiger partial charge in [0.2, 0.25) is 5.95 Å². The molecule has 5 rings (SSSR count). The highest BCUT2D eigenvalue weighted by Crippen LogP contribution is 2.44. The number of amides is 1. The lowest BCUT2D eigenvalue weighted by Gasteiger charge is -2.51. The molecule has 2 saturated heterocycles. The van der Waals surface area contributed by atoms with Gasteiger partial charge in [0.25, 0.3) is 5.91 Å². The normalized spacial score (nSPS) is 23.8. The smallest absolute Gasteiger partial charge is 0.253 e. The van der Waals surface area contributed by atoms with E-state index in [-0.39, 0.29) is 24.3 Å². The van der Waals surface area contributed by atoms with Crippen molar-refractivity contribution < 1.29 is 19.4 Å². The highest BCUT2D eigenvalue weighted by atomic mass is 16.5. The van der Waals surface area contributed by atoms with Crippen molar-refractivity contribution in [3.63, 3.8) is 0 Å². The molecule has 0 unspecified atom stereocenters. The fraction of sp³-hybridized carbons (Fsp3) is 0.500. The fourth-order valence-corrected chi connectivity index (χ4v) is 5.34. The maximum Gasteiger partial charge on any atom is 0.253 e. The summed E-state index contributed by atoms with van der Waals surface area (Å²) in [7, 11) is 0. The number of likely N-dealkylation sites (tertiary alicyclic amines) is 1. The average molecular weight is 497 g/mol.